The van der Waals surface area contributed by atoms with E-state index >= 15 is 0 Å². The summed E-state index contributed by atoms with van der Waals surface area (Å²) in [6.07, 6.45) is 1.83. The van der Waals surface area contributed by atoms with Crippen LogP contribution < -0.4 is 9.21 Å². The van der Waals surface area contributed by atoms with Crippen LogP contribution in [-0.4, -0.2) is 62.7 Å². The van der Waals surface area contributed by atoms with Gasteiger partial charge in [-0.25, -0.2) is 17.8 Å². The first-order valence-corrected chi connectivity index (χ1v) is 12.0. The Balaban J connectivity index is 1.46. The van der Waals surface area contributed by atoms with Crippen molar-refractivity contribution < 1.29 is 17.6 Å². The van der Waals surface area contributed by atoms with Gasteiger partial charge in [0.05, 0.1) is 17.0 Å². The lowest BCUT2D eigenvalue weighted by Gasteiger charge is -2.36. The Morgan fingerprint density at radius 3 is 2.42 bits per heavy atom. The Morgan fingerprint density at radius 2 is 1.84 bits per heavy atom. The molecule has 31 heavy (non-hydrogen) atoms. The molecular formula is C22H27FN4O3S. The highest BCUT2D eigenvalue weighted by Crippen LogP contribution is 2.29. The Hall–Kier alpha value is -2.68. The molecule has 2 fully saturated rings. The third-order valence-corrected chi connectivity index (χ3v) is 7.85. The van der Waals surface area contributed by atoms with Crippen LogP contribution in [0, 0.1) is 25.6 Å². The van der Waals surface area contributed by atoms with Gasteiger partial charge in [0.25, 0.3) is 5.91 Å². The lowest BCUT2D eigenvalue weighted by Crippen LogP contribution is -2.49. The number of amides is 1. The molecule has 0 saturated carbocycles. The number of rotatable bonds is 3. The van der Waals surface area contributed by atoms with Gasteiger partial charge in [-0.2, -0.15) is 0 Å². The van der Waals surface area contributed by atoms with E-state index in [4.69, 9.17) is 0 Å². The third kappa shape index (κ3) is 4.23. The lowest BCUT2D eigenvalue weighted by atomic mass is 10.1. The smallest absolute Gasteiger partial charge is 0.256 e. The van der Waals surface area contributed by atoms with Gasteiger partial charge in [0.1, 0.15) is 11.6 Å². The summed E-state index contributed by atoms with van der Waals surface area (Å²) < 4.78 is 40.5. The summed E-state index contributed by atoms with van der Waals surface area (Å²) in [6.45, 7) is 8.35. The zero-order valence-corrected chi connectivity index (χ0v) is 18.8. The first-order chi connectivity index (χ1) is 14.7. The van der Waals surface area contributed by atoms with Crippen molar-refractivity contribution in [2.45, 2.75) is 20.8 Å². The molecule has 2 saturated heterocycles. The molecular weight excluding hydrogens is 419 g/mol. The molecule has 7 nitrogen and oxygen atoms in total. The van der Waals surface area contributed by atoms with E-state index in [1.165, 1.54) is 16.4 Å². The van der Waals surface area contributed by atoms with E-state index in [1.54, 1.807) is 4.90 Å². The average molecular weight is 447 g/mol. The van der Waals surface area contributed by atoms with Gasteiger partial charge in [0.2, 0.25) is 10.0 Å². The standard InChI is InChI=1S/C22H27FN4O3S/c1-15-10-17(3)21(24-12-15)25-6-8-26(9-7-25)22(28)19-5-4-18(11-20(19)23)27-13-16(2)14-31(27,29)30/h4-5,10-12,16H,6-9,13-14H2,1-3H3/t16-/m0/s1. The fourth-order valence-electron chi connectivity index (χ4n) is 4.33. The van der Waals surface area contributed by atoms with Crippen LogP contribution in [0.1, 0.15) is 28.4 Å². The SMILES string of the molecule is Cc1cnc(N2CCN(C(=O)c3ccc(N4C[C@H](C)CS4(=O)=O)cc3F)CC2)c(C)c1. The molecule has 1 aromatic carbocycles. The zero-order valence-electron chi connectivity index (χ0n) is 18.0. The van der Waals surface area contributed by atoms with E-state index in [9.17, 15) is 17.6 Å². The van der Waals surface area contributed by atoms with Crippen molar-refractivity contribution >= 4 is 27.4 Å². The van der Waals surface area contributed by atoms with Crippen LogP contribution in [0.2, 0.25) is 0 Å². The van der Waals surface area contributed by atoms with E-state index in [0.717, 1.165) is 23.0 Å². The number of hydrogen-bond acceptors (Lipinski definition) is 5. The maximum absolute atomic E-state index is 14.8. The molecule has 2 aromatic rings. The number of carbonyl (C=O) groups excluding carboxylic acids is 1. The summed E-state index contributed by atoms with van der Waals surface area (Å²) >= 11 is 0. The molecule has 1 atom stereocenters. The minimum atomic E-state index is -3.44. The molecule has 3 heterocycles. The van der Waals surface area contributed by atoms with Crippen LogP contribution in [0.25, 0.3) is 0 Å². The molecule has 4 rings (SSSR count). The first-order valence-electron chi connectivity index (χ1n) is 10.4. The molecule has 0 N–H and O–H groups in total. The maximum Gasteiger partial charge on any atom is 0.256 e. The summed E-state index contributed by atoms with van der Waals surface area (Å²) in [5.74, 6) is -0.133. The van der Waals surface area contributed by atoms with Gasteiger partial charge in [0.15, 0.2) is 0 Å². The molecule has 0 bridgehead atoms. The summed E-state index contributed by atoms with van der Waals surface area (Å²) in [5, 5.41) is 0. The number of nitrogens with zero attached hydrogens (tertiary/aromatic N) is 4. The normalized spacial score (nSPS) is 20.9. The first kappa shape index (κ1) is 21.5. The Kier molecular flexibility index (Phi) is 5.63. The van der Waals surface area contributed by atoms with Crippen LogP contribution in [0.3, 0.4) is 0 Å². The van der Waals surface area contributed by atoms with E-state index in [2.05, 4.69) is 16.0 Å². The fourth-order valence-corrected chi connectivity index (χ4v) is 6.25. The number of anilines is 2. The van der Waals surface area contributed by atoms with Crippen molar-refractivity contribution in [3.8, 4) is 0 Å². The highest BCUT2D eigenvalue weighted by molar-refractivity contribution is 7.93. The van der Waals surface area contributed by atoms with Crippen LogP contribution in [0.15, 0.2) is 30.5 Å². The number of pyridine rings is 1. The number of piperazine rings is 1. The summed E-state index contributed by atoms with van der Waals surface area (Å²) in [6, 6.07) is 6.14. The van der Waals surface area contributed by atoms with Crippen molar-refractivity contribution in [1.82, 2.24) is 9.88 Å². The van der Waals surface area contributed by atoms with E-state index in [0.29, 0.717) is 32.7 Å². The monoisotopic (exact) mass is 446 g/mol. The fraction of sp³-hybridized carbons (Fsp3) is 0.455. The van der Waals surface area contributed by atoms with Crippen LogP contribution in [0.4, 0.5) is 15.9 Å². The zero-order chi connectivity index (χ0) is 22.3. The second-order valence-corrected chi connectivity index (χ2v) is 10.4. The van der Waals surface area contributed by atoms with Gasteiger partial charge < -0.3 is 9.80 Å². The van der Waals surface area contributed by atoms with E-state index in [-0.39, 0.29) is 28.8 Å². The van der Waals surface area contributed by atoms with Gasteiger partial charge >= 0.3 is 0 Å². The maximum atomic E-state index is 14.8. The number of aryl methyl sites for hydroxylation is 2. The van der Waals surface area contributed by atoms with E-state index < -0.39 is 15.8 Å². The number of hydrogen-bond donors (Lipinski definition) is 0. The van der Waals surface area contributed by atoms with Crippen LogP contribution in [-0.2, 0) is 10.0 Å². The number of aromatic nitrogens is 1. The molecule has 0 aliphatic carbocycles. The molecule has 9 heteroatoms. The number of carbonyl (C=O) groups is 1. The number of benzene rings is 1. The van der Waals surface area contributed by atoms with Gasteiger partial charge in [-0.05, 0) is 49.1 Å². The molecule has 1 aromatic heterocycles. The minimum absolute atomic E-state index is 0.0164. The minimum Gasteiger partial charge on any atom is -0.353 e. The van der Waals surface area contributed by atoms with Gasteiger partial charge in [0, 0.05) is 38.9 Å². The van der Waals surface area contributed by atoms with Crippen molar-refractivity contribution in [2.24, 2.45) is 5.92 Å². The molecule has 0 unspecified atom stereocenters. The van der Waals surface area contributed by atoms with Crippen molar-refractivity contribution in [1.29, 1.82) is 0 Å². The third-order valence-electron chi connectivity index (χ3n) is 5.83. The van der Waals surface area contributed by atoms with E-state index in [1.807, 2.05) is 27.0 Å². The molecule has 2 aliphatic heterocycles. The second kappa shape index (κ2) is 8.11. The Labute approximate surface area is 182 Å². The Bertz CT molecular complexity index is 1110. The van der Waals surface area contributed by atoms with Gasteiger partial charge in [-0.1, -0.05) is 13.0 Å². The summed E-state index contributed by atoms with van der Waals surface area (Å²) in [4.78, 5) is 21.2. The molecule has 2 aliphatic rings. The topological polar surface area (TPSA) is 73.8 Å². The summed E-state index contributed by atoms with van der Waals surface area (Å²) in [7, 11) is -3.44. The number of sulfonamides is 1. The van der Waals surface area contributed by atoms with Crippen molar-refractivity contribution in [3.63, 3.8) is 0 Å². The van der Waals surface area contributed by atoms with Crippen molar-refractivity contribution in [2.75, 3.05) is 47.7 Å². The quantitative estimate of drug-likeness (QED) is 0.725. The highest BCUT2D eigenvalue weighted by atomic mass is 32.2. The highest BCUT2D eigenvalue weighted by Gasteiger charge is 2.34. The summed E-state index contributed by atoms with van der Waals surface area (Å²) in [5.41, 5.74) is 2.42. The Morgan fingerprint density at radius 1 is 1.13 bits per heavy atom. The number of halogens is 1. The lowest BCUT2D eigenvalue weighted by molar-refractivity contribution is 0.0742. The van der Waals surface area contributed by atoms with Gasteiger partial charge in [-0.15, -0.1) is 0 Å². The second-order valence-electron chi connectivity index (χ2n) is 8.51. The molecule has 166 valence electrons. The molecule has 0 radical (unpaired) electrons. The predicted octanol–water partition coefficient (Wildman–Crippen LogP) is 2.59. The molecule has 1 amide bonds. The van der Waals surface area contributed by atoms with Gasteiger partial charge in [-0.3, -0.25) is 9.10 Å². The molecule has 0 spiro atoms. The van der Waals surface area contributed by atoms with Crippen LogP contribution in [0.5, 0.6) is 0 Å². The largest absolute Gasteiger partial charge is 0.353 e. The average Bonchev–Trinajstić information content (AvgIpc) is 2.99. The van der Waals surface area contributed by atoms with Crippen molar-refractivity contribution in [3.05, 3.63) is 53.0 Å². The van der Waals surface area contributed by atoms with Crippen LogP contribution >= 0.6 is 0 Å². The predicted molar refractivity (Wildman–Crippen MR) is 119 cm³/mol.